The van der Waals surface area contributed by atoms with Crippen LogP contribution in [0.2, 0.25) is 0 Å². The Morgan fingerprint density at radius 1 is 1.06 bits per heavy atom. The molecule has 0 aliphatic carbocycles. The molecule has 2 aliphatic rings. The monoisotopic (exact) mass is 451 g/mol. The maximum absolute atomic E-state index is 12.7. The van der Waals surface area contributed by atoms with E-state index in [1.807, 2.05) is 29.2 Å². The molecule has 2 heterocycles. The van der Waals surface area contributed by atoms with Gasteiger partial charge in [0.15, 0.2) is 6.61 Å². The van der Waals surface area contributed by atoms with Gasteiger partial charge in [-0.15, -0.1) is 0 Å². The average Bonchev–Trinajstić information content (AvgIpc) is 3.52. The number of nitrogens with one attached hydrogen (secondary N) is 1. The number of anilines is 1. The molecule has 2 aliphatic heterocycles. The van der Waals surface area contributed by atoms with Crippen molar-refractivity contribution in [2.24, 2.45) is 5.92 Å². The summed E-state index contributed by atoms with van der Waals surface area (Å²) >= 11 is 0. The van der Waals surface area contributed by atoms with E-state index in [2.05, 4.69) is 5.32 Å². The maximum Gasteiger partial charge on any atom is 0.260 e. The standard InChI is InChI=1S/C25H29N3O5/c1-32-22-7-3-2-6-18(22)15-26-25(31)19-14-23(29)28(16-19)20-8-10-21(11-9-20)33-17-24(30)27-12-4-5-13-27/h2-3,6-11,19H,4-5,12-17H2,1H3,(H,26,31)/t19-/m1/s1. The number of benzene rings is 2. The number of para-hydroxylation sites is 1. The molecule has 2 saturated heterocycles. The van der Waals surface area contributed by atoms with Crippen molar-refractivity contribution in [2.45, 2.75) is 25.8 Å². The van der Waals surface area contributed by atoms with Crippen molar-refractivity contribution in [1.29, 1.82) is 0 Å². The molecule has 0 radical (unpaired) electrons. The van der Waals surface area contributed by atoms with E-state index in [0.717, 1.165) is 31.5 Å². The molecule has 8 nitrogen and oxygen atoms in total. The molecule has 8 heteroatoms. The summed E-state index contributed by atoms with van der Waals surface area (Å²) in [6.45, 7) is 2.27. The van der Waals surface area contributed by atoms with Crippen molar-refractivity contribution >= 4 is 23.4 Å². The fraction of sp³-hybridized carbons (Fsp3) is 0.400. The fourth-order valence-corrected chi connectivity index (χ4v) is 4.23. The van der Waals surface area contributed by atoms with E-state index >= 15 is 0 Å². The largest absolute Gasteiger partial charge is 0.496 e. The Bertz CT molecular complexity index is 1000. The predicted molar refractivity (Wildman–Crippen MR) is 123 cm³/mol. The van der Waals surface area contributed by atoms with E-state index in [-0.39, 0.29) is 30.7 Å². The molecule has 0 unspecified atom stereocenters. The van der Waals surface area contributed by atoms with Gasteiger partial charge in [-0.2, -0.15) is 0 Å². The summed E-state index contributed by atoms with van der Waals surface area (Å²) in [5, 5.41) is 2.91. The molecule has 0 spiro atoms. The van der Waals surface area contributed by atoms with Gasteiger partial charge in [0.05, 0.1) is 13.0 Å². The number of rotatable bonds is 8. The molecule has 2 aromatic rings. The van der Waals surface area contributed by atoms with Crippen LogP contribution in [0.5, 0.6) is 11.5 Å². The van der Waals surface area contributed by atoms with Crippen LogP contribution in [-0.2, 0) is 20.9 Å². The highest BCUT2D eigenvalue weighted by atomic mass is 16.5. The first kappa shape index (κ1) is 22.6. The maximum atomic E-state index is 12.7. The average molecular weight is 452 g/mol. The van der Waals surface area contributed by atoms with Gasteiger partial charge in [-0.1, -0.05) is 18.2 Å². The number of carbonyl (C=O) groups excluding carboxylic acids is 3. The van der Waals surface area contributed by atoms with E-state index in [9.17, 15) is 14.4 Å². The Kier molecular flexibility index (Phi) is 7.12. The Morgan fingerprint density at radius 2 is 1.79 bits per heavy atom. The molecular weight excluding hydrogens is 422 g/mol. The van der Waals surface area contributed by atoms with Gasteiger partial charge in [0, 0.05) is 43.9 Å². The minimum absolute atomic E-state index is 0.00623. The number of hydrogen-bond acceptors (Lipinski definition) is 5. The van der Waals surface area contributed by atoms with Crippen LogP contribution in [0.3, 0.4) is 0 Å². The summed E-state index contributed by atoms with van der Waals surface area (Å²) in [6.07, 6.45) is 2.26. The lowest BCUT2D eigenvalue weighted by atomic mass is 10.1. The molecule has 174 valence electrons. The van der Waals surface area contributed by atoms with Gasteiger partial charge in [0.25, 0.3) is 5.91 Å². The highest BCUT2D eigenvalue weighted by molar-refractivity contribution is 6.00. The molecule has 4 rings (SSSR count). The molecule has 0 saturated carbocycles. The molecule has 1 atom stereocenters. The van der Waals surface area contributed by atoms with Gasteiger partial charge in [0.1, 0.15) is 11.5 Å². The Hall–Kier alpha value is -3.55. The first-order valence-electron chi connectivity index (χ1n) is 11.3. The normalized spacial score (nSPS) is 17.8. The Balaban J connectivity index is 1.29. The molecule has 2 fully saturated rings. The van der Waals surface area contributed by atoms with Gasteiger partial charge in [-0.05, 0) is 43.2 Å². The summed E-state index contributed by atoms with van der Waals surface area (Å²) in [6, 6.07) is 14.6. The summed E-state index contributed by atoms with van der Waals surface area (Å²) in [5.41, 5.74) is 1.59. The topological polar surface area (TPSA) is 88.2 Å². The second kappa shape index (κ2) is 10.4. The molecule has 33 heavy (non-hydrogen) atoms. The number of hydrogen-bond donors (Lipinski definition) is 1. The van der Waals surface area contributed by atoms with E-state index in [1.165, 1.54) is 0 Å². The van der Waals surface area contributed by atoms with Crippen LogP contribution < -0.4 is 19.7 Å². The third-order valence-corrected chi connectivity index (χ3v) is 6.11. The molecule has 1 N–H and O–H groups in total. The smallest absolute Gasteiger partial charge is 0.260 e. The number of ether oxygens (including phenoxy) is 2. The predicted octanol–water partition coefficient (Wildman–Crippen LogP) is 2.37. The third kappa shape index (κ3) is 5.45. The van der Waals surface area contributed by atoms with Crippen LogP contribution in [0.15, 0.2) is 48.5 Å². The molecule has 3 amide bonds. The van der Waals surface area contributed by atoms with Crippen LogP contribution in [-0.4, -0.2) is 56.0 Å². The number of likely N-dealkylation sites (tertiary alicyclic amines) is 1. The van der Waals surface area contributed by atoms with Crippen molar-refractivity contribution in [2.75, 3.05) is 38.3 Å². The molecular formula is C25H29N3O5. The van der Waals surface area contributed by atoms with E-state index in [0.29, 0.717) is 30.3 Å². The molecule has 0 aromatic heterocycles. The quantitative estimate of drug-likeness (QED) is 0.666. The Labute approximate surface area is 193 Å². The molecule has 0 bridgehead atoms. The van der Waals surface area contributed by atoms with Crippen molar-refractivity contribution < 1.29 is 23.9 Å². The summed E-state index contributed by atoms with van der Waals surface area (Å²) in [4.78, 5) is 40.8. The second-order valence-electron chi connectivity index (χ2n) is 8.31. The number of methoxy groups -OCH3 is 1. The summed E-state index contributed by atoms with van der Waals surface area (Å²) in [5.74, 6) is 0.618. The van der Waals surface area contributed by atoms with Crippen molar-refractivity contribution in [3.63, 3.8) is 0 Å². The lowest BCUT2D eigenvalue weighted by molar-refractivity contribution is -0.132. The second-order valence-corrected chi connectivity index (χ2v) is 8.31. The lowest BCUT2D eigenvalue weighted by Crippen LogP contribution is -2.32. The van der Waals surface area contributed by atoms with Gasteiger partial charge >= 0.3 is 0 Å². The Morgan fingerprint density at radius 3 is 2.52 bits per heavy atom. The zero-order valence-corrected chi connectivity index (χ0v) is 18.8. The third-order valence-electron chi connectivity index (χ3n) is 6.11. The first-order chi connectivity index (χ1) is 16.0. The fourth-order valence-electron chi connectivity index (χ4n) is 4.23. The van der Waals surface area contributed by atoms with E-state index in [4.69, 9.17) is 9.47 Å². The molecule has 2 aromatic carbocycles. The zero-order chi connectivity index (χ0) is 23.2. The van der Waals surface area contributed by atoms with E-state index < -0.39 is 5.92 Å². The highest BCUT2D eigenvalue weighted by Crippen LogP contribution is 2.27. The highest BCUT2D eigenvalue weighted by Gasteiger charge is 2.35. The number of nitrogens with zero attached hydrogens (tertiary/aromatic N) is 2. The SMILES string of the molecule is COc1ccccc1CNC(=O)[C@@H]1CC(=O)N(c2ccc(OCC(=O)N3CCCC3)cc2)C1. The van der Waals surface area contributed by atoms with Gasteiger partial charge in [0.2, 0.25) is 11.8 Å². The van der Waals surface area contributed by atoms with Crippen LogP contribution in [0.25, 0.3) is 0 Å². The lowest BCUT2D eigenvalue weighted by Gasteiger charge is -2.18. The van der Waals surface area contributed by atoms with Crippen LogP contribution in [0.1, 0.15) is 24.8 Å². The van der Waals surface area contributed by atoms with Gasteiger partial charge in [-0.25, -0.2) is 0 Å². The van der Waals surface area contributed by atoms with Crippen LogP contribution in [0, 0.1) is 5.92 Å². The van der Waals surface area contributed by atoms with Gasteiger partial charge < -0.3 is 24.6 Å². The minimum Gasteiger partial charge on any atom is -0.496 e. The minimum atomic E-state index is -0.416. The van der Waals surface area contributed by atoms with Gasteiger partial charge in [-0.3, -0.25) is 14.4 Å². The van der Waals surface area contributed by atoms with Crippen molar-refractivity contribution in [1.82, 2.24) is 10.2 Å². The summed E-state index contributed by atoms with van der Waals surface area (Å²) in [7, 11) is 1.59. The van der Waals surface area contributed by atoms with Crippen molar-refractivity contribution in [3.8, 4) is 11.5 Å². The van der Waals surface area contributed by atoms with Crippen LogP contribution in [0.4, 0.5) is 5.69 Å². The summed E-state index contributed by atoms with van der Waals surface area (Å²) < 4.78 is 10.9. The number of amides is 3. The first-order valence-corrected chi connectivity index (χ1v) is 11.3. The van der Waals surface area contributed by atoms with Crippen LogP contribution >= 0.6 is 0 Å². The zero-order valence-electron chi connectivity index (χ0n) is 18.8. The van der Waals surface area contributed by atoms with E-state index in [1.54, 1.807) is 36.3 Å². The van der Waals surface area contributed by atoms with Crippen molar-refractivity contribution in [3.05, 3.63) is 54.1 Å². The number of carbonyl (C=O) groups is 3.